The van der Waals surface area contributed by atoms with Crippen molar-refractivity contribution in [1.29, 1.82) is 0 Å². The molecule has 1 aromatic rings. The number of carbonyl (C=O) groups is 1. The highest BCUT2D eigenvalue weighted by molar-refractivity contribution is 6.30. The fourth-order valence-electron chi connectivity index (χ4n) is 1.88. The fourth-order valence-corrected chi connectivity index (χ4v) is 2.00. The average Bonchev–Trinajstić information content (AvgIpc) is 2.48. The standard InChI is InChI=1S/C15H14ClF4NO2/c1-9(7-10(5-6-17)15(18,19)20)13(14(22)23-2)12-4-3-11(16)8-21-12/h3-5,7-8,13H,6H2,1-2H3/b9-7+,10-5+/t13-/m1/s1. The first-order valence-corrected chi connectivity index (χ1v) is 6.79. The topological polar surface area (TPSA) is 39.2 Å². The molecule has 0 unspecified atom stereocenters. The van der Waals surface area contributed by atoms with Gasteiger partial charge in [0, 0.05) is 6.20 Å². The predicted octanol–water partition coefficient (Wildman–Crippen LogP) is 4.40. The second kappa shape index (κ2) is 8.10. The number of rotatable bonds is 5. The summed E-state index contributed by atoms with van der Waals surface area (Å²) >= 11 is 5.70. The lowest BCUT2D eigenvalue weighted by atomic mass is 9.94. The number of nitrogens with zero attached hydrogens (tertiary/aromatic N) is 1. The molecule has 0 N–H and O–H groups in total. The van der Waals surface area contributed by atoms with E-state index in [1.165, 1.54) is 25.3 Å². The molecule has 0 saturated heterocycles. The molecule has 0 spiro atoms. The Balaban J connectivity index is 3.31. The molecule has 1 atom stereocenters. The predicted molar refractivity (Wildman–Crippen MR) is 77.9 cm³/mol. The van der Waals surface area contributed by atoms with Crippen LogP contribution in [0.25, 0.3) is 0 Å². The van der Waals surface area contributed by atoms with E-state index in [0.29, 0.717) is 17.2 Å². The Morgan fingerprint density at radius 2 is 2.09 bits per heavy atom. The maximum Gasteiger partial charge on any atom is 0.416 e. The lowest BCUT2D eigenvalue weighted by Crippen LogP contribution is -2.18. The van der Waals surface area contributed by atoms with Gasteiger partial charge in [-0.25, -0.2) is 4.39 Å². The summed E-state index contributed by atoms with van der Waals surface area (Å²) in [6.45, 7) is 0.0381. The van der Waals surface area contributed by atoms with Gasteiger partial charge in [-0.2, -0.15) is 13.2 Å². The van der Waals surface area contributed by atoms with Crippen LogP contribution in [-0.4, -0.2) is 30.9 Å². The van der Waals surface area contributed by atoms with Crippen molar-refractivity contribution in [2.75, 3.05) is 13.8 Å². The molecule has 0 fully saturated rings. The van der Waals surface area contributed by atoms with Crippen molar-refractivity contribution in [3.8, 4) is 0 Å². The van der Waals surface area contributed by atoms with E-state index in [1.807, 2.05) is 0 Å². The van der Waals surface area contributed by atoms with E-state index < -0.39 is 30.3 Å². The van der Waals surface area contributed by atoms with Crippen LogP contribution in [0.3, 0.4) is 0 Å². The summed E-state index contributed by atoms with van der Waals surface area (Å²) in [4.78, 5) is 15.9. The maximum atomic E-state index is 12.8. The van der Waals surface area contributed by atoms with Gasteiger partial charge >= 0.3 is 12.1 Å². The van der Waals surface area contributed by atoms with Gasteiger partial charge in [-0.15, -0.1) is 0 Å². The zero-order valence-electron chi connectivity index (χ0n) is 12.3. The Morgan fingerprint density at radius 1 is 1.43 bits per heavy atom. The van der Waals surface area contributed by atoms with Crippen LogP contribution in [0.2, 0.25) is 5.02 Å². The molecule has 8 heteroatoms. The molecule has 1 aromatic heterocycles. The van der Waals surface area contributed by atoms with Crippen molar-refractivity contribution < 1.29 is 27.1 Å². The molecule has 1 heterocycles. The monoisotopic (exact) mass is 351 g/mol. The van der Waals surface area contributed by atoms with Gasteiger partial charge in [-0.05, 0) is 25.1 Å². The van der Waals surface area contributed by atoms with Gasteiger partial charge in [-0.3, -0.25) is 9.78 Å². The molecule has 0 saturated carbocycles. The minimum atomic E-state index is -4.73. The van der Waals surface area contributed by atoms with Gasteiger partial charge in [0.2, 0.25) is 0 Å². The number of ether oxygens (including phenoxy) is 1. The van der Waals surface area contributed by atoms with Crippen LogP contribution < -0.4 is 0 Å². The van der Waals surface area contributed by atoms with Crippen molar-refractivity contribution in [3.63, 3.8) is 0 Å². The Bertz CT molecular complexity index is 609. The van der Waals surface area contributed by atoms with Gasteiger partial charge in [0.15, 0.2) is 0 Å². The van der Waals surface area contributed by atoms with Crippen LogP contribution in [0.5, 0.6) is 0 Å². The van der Waals surface area contributed by atoms with Crippen LogP contribution >= 0.6 is 11.6 Å². The number of pyridine rings is 1. The van der Waals surface area contributed by atoms with E-state index in [0.717, 1.165) is 7.11 Å². The Hall–Kier alpha value is -1.89. The largest absolute Gasteiger partial charge is 0.468 e. The smallest absolute Gasteiger partial charge is 0.416 e. The number of esters is 1. The third-order valence-corrected chi connectivity index (χ3v) is 3.17. The van der Waals surface area contributed by atoms with Crippen molar-refractivity contribution in [2.24, 2.45) is 0 Å². The molecule has 23 heavy (non-hydrogen) atoms. The highest BCUT2D eigenvalue weighted by Crippen LogP contribution is 2.31. The molecule has 0 amide bonds. The van der Waals surface area contributed by atoms with E-state index >= 15 is 0 Å². The van der Waals surface area contributed by atoms with Gasteiger partial charge < -0.3 is 4.74 Å². The zero-order valence-corrected chi connectivity index (χ0v) is 13.1. The van der Waals surface area contributed by atoms with E-state index in [4.69, 9.17) is 11.6 Å². The number of hydrogen-bond donors (Lipinski definition) is 0. The van der Waals surface area contributed by atoms with Crippen LogP contribution in [0.4, 0.5) is 17.6 Å². The van der Waals surface area contributed by atoms with E-state index in [9.17, 15) is 22.4 Å². The number of carbonyl (C=O) groups excluding carboxylic acids is 1. The van der Waals surface area contributed by atoms with E-state index in [1.54, 1.807) is 0 Å². The van der Waals surface area contributed by atoms with Crippen LogP contribution in [0.15, 0.2) is 41.6 Å². The first kappa shape index (κ1) is 19.2. The Labute approximate surface area is 135 Å². The number of aromatic nitrogens is 1. The summed E-state index contributed by atoms with van der Waals surface area (Å²) < 4.78 is 55.4. The van der Waals surface area contributed by atoms with E-state index in [-0.39, 0.29) is 11.3 Å². The Morgan fingerprint density at radius 3 is 2.52 bits per heavy atom. The highest BCUT2D eigenvalue weighted by Gasteiger charge is 2.33. The molecular weight excluding hydrogens is 338 g/mol. The first-order chi connectivity index (χ1) is 10.7. The summed E-state index contributed by atoms with van der Waals surface area (Å²) in [6, 6.07) is 2.86. The summed E-state index contributed by atoms with van der Waals surface area (Å²) in [6.07, 6.45) is -2.37. The van der Waals surface area contributed by atoms with Crippen LogP contribution in [0, 0.1) is 0 Å². The van der Waals surface area contributed by atoms with Gasteiger partial charge in [-0.1, -0.05) is 23.3 Å². The number of halogens is 5. The van der Waals surface area contributed by atoms with Crippen molar-refractivity contribution in [2.45, 2.75) is 19.0 Å². The van der Waals surface area contributed by atoms with Crippen LogP contribution in [-0.2, 0) is 9.53 Å². The number of hydrogen-bond acceptors (Lipinski definition) is 3. The van der Waals surface area contributed by atoms with E-state index in [2.05, 4.69) is 9.72 Å². The minimum Gasteiger partial charge on any atom is -0.468 e. The lowest BCUT2D eigenvalue weighted by molar-refractivity contribution is -0.141. The average molecular weight is 352 g/mol. The third kappa shape index (κ3) is 5.35. The van der Waals surface area contributed by atoms with Crippen molar-refractivity contribution in [3.05, 3.63) is 52.3 Å². The van der Waals surface area contributed by atoms with Crippen LogP contribution in [0.1, 0.15) is 18.5 Å². The fraction of sp³-hybridized carbons (Fsp3) is 0.333. The molecule has 0 bridgehead atoms. The normalized spacial score (nSPS) is 14.6. The van der Waals surface area contributed by atoms with Crippen molar-refractivity contribution in [1.82, 2.24) is 4.98 Å². The molecule has 0 aromatic carbocycles. The first-order valence-electron chi connectivity index (χ1n) is 6.41. The van der Waals surface area contributed by atoms with Gasteiger partial charge in [0.05, 0.1) is 23.4 Å². The van der Waals surface area contributed by atoms with Gasteiger partial charge in [0.1, 0.15) is 12.6 Å². The maximum absolute atomic E-state index is 12.8. The summed E-state index contributed by atoms with van der Waals surface area (Å²) in [5.74, 6) is -1.93. The SMILES string of the molecule is COC(=O)[C@H](/C(C)=C/C(=C\CF)C(F)(F)F)c1ccc(Cl)cn1. The number of allylic oxidation sites excluding steroid dienone is 3. The molecule has 1 rings (SSSR count). The summed E-state index contributed by atoms with van der Waals surface area (Å²) in [5.41, 5.74) is -0.985. The molecule has 0 aliphatic carbocycles. The second-order valence-corrected chi connectivity index (χ2v) is 4.99. The van der Waals surface area contributed by atoms with Crippen molar-refractivity contribution >= 4 is 17.6 Å². The summed E-state index contributed by atoms with van der Waals surface area (Å²) in [7, 11) is 1.11. The quantitative estimate of drug-likeness (QED) is 0.448. The third-order valence-electron chi connectivity index (χ3n) is 2.95. The molecule has 0 aliphatic heterocycles. The Kier molecular flexibility index (Phi) is 6.75. The minimum absolute atomic E-state index is 0.0173. The molecular formula is C15H14ClF4NO2. The second-order valence-electron chi connectivity index (χ2n) is 4.56. The molecule has 0 radical (unpaired) electrons. The molecule has 3 nitrogen and oxygen atoms in total. The number of alkyl halides is 4. The summed E-state index contributed by atoms with van der Waals surface area (Å²) in [5, 5.41) is 0.312. The highest BCUT2D eigenvalue weighted by atomic mass is 35.5. The lowest BCUT2D eigenvalue weighted by Gasteiger charge is -2.16. The zero-order chi connectivity index (χ0) is 17.6. The molecule has 126 valence electrons. The van der Waals surface area contributed by atoms with Gasteiger partial charge in [0.25, 0.3) is 0 Å². The number of methoxy groups -OCH3 is 1. The molecule has 0 aliphatic rings.